The van der Waals surface area contributed by atoms with Gasteiger partial charge in [0.1, 0.15) is 5.02 Å². The highest BCUT2D eigenvalue weighted by molar-refractivity contribution is 6.33. The fraction of sp³-hybridized carbons (Fsp3) is 0.476. The van der Waals surface area contributed by atoms with Crippen LogP contribution in [0.25, 0.3) is 11.0 Å². The van der Waals surface area contributed by atoms with Crippen molar-refractivity contribution in [2.75, 3.05) is 11.9 Å². The van der Waals surface area contributed by atoms with Crippen LogP contribution in [0.5, 0.6) is 0 Å². The molecule has 0 aliphatic carbocycles. The Hall–Kier alpha value is -2.13. The molecule has 10 heteroatoms. The molecule has 2 aromatic heterocycles. The SMILES string of the molecule is CC(C)(O)CCn1c(=O)n(CC(C)(C)CO)c2ccc(Nc3nc(Cl)ncc3Cl)cc21. The third-order valence-electron chi connectivity index (χ3n) is 4.96. The largest absolute Gasteiger partial charge is 0.396 e. The summed E-state index contributed by atoms with van der Waals surface area (Å²) in [6.45, 7) is 7.86. The molecule has 168 valence electrons. The van der Waals surface area contributed by atoms with E-state index in [4.69, 9.17) is 23.2 Å². The Morgan fingerprint density at radius 3 is 2.48 bits per heavy atom. The number of hydrogen-bond donors (Lipinski definition) is 3. The first kappa shape index (κ1) is 23.5. The normalized spacial score (nSPS) is 12.5. The maximum atomic E-state index is 13.3. The number of imidazole rings is 1. The van der Waals surface area contributed by atoms with Crippen LogP contribution in [0.1, 0.15) is 34.1 Å². The number of halogens is 2. The molecule has 0 radical (unpaired) electrons. The van der Waals surface area contributed by atoms with Gasteiger partial charge in [-0.15, -0.1) is 0 Å². The summed E-state index contributed by atoms with van der Waals surface area (Å²) in [7, 11) is 0. The van der Waals surface area contributed by atoms with E-state index in [2.05, 4.69) is 15.3 Å². The fourth-order valence-electron chi connectivity index (χ4n) is 3.20. The number of aliphatic hydroxyl groups excluding tert-OH is 1. The van der Waals surface area contributed by atoms with E-state index in [0.29, 0.717) is 41.6 Å². The Balaban J connectivity index is 2.09. The van der Waals surface area contributed by atoms with Crippen LogP contribution in [-0.2, 0) is 13.1 Å². The summed E-state index contributed by atoms with van der Waals surface area (Å²) in [5, 5.41) is 23.3. The number of aryl methyl sites for hydroxylation is 1. The van der Waals surface area contributed by atoms with Crippen molar-refractivity contribution in [1.29, 1.82) is 0 Å². The predicted molar refractivity (Wildman–Crippen MR) is 123 cm³/mol. The average molecular weight is 468 g/mol. The molecule has 3 N–H and O–H groups in total. The Morgan fingerprint density at radius 1 is 1.13 bits per heavy atom. The van der Waals surface area contributed by atoms with Crippen LogP contribution in [0.15, 0.2) is 29.2 Å². The molecule has 0 saturated heterocycles. The van der Waals surface area contributed by atoms with Gasteiger partial charge in [0.05, 0.1) is 22.8 Å². The summed E-state index contributed by atoms with van der Waals surface area (Å²) >= 11 is 12.0. The van der Waals surface area contributed by atoms with E-state index in [0.717, 1.165) is 5.52 Å². The van der Waals surface area contributed by atoms with Crippen molar-refractivity contribution < 1.29 is 10.2 Å². The quantitative estimate of drug-likeness (QED) is 0.434. The van der Waals surface area contributed by atoms with Crippen molar-refractivity contribution in [2.45, 2.75) is 52.8 Å². The topological polar surface area (TPSA) is 105 Å². The molecule has 0 bridgehead atoms. The van der Waals surface area contributed by atoms with E-state index in [-0.39, 0.29) is 17.6 Å². The second-order valence-corrected chi connectivity index (χ2v) is 9.81. The van der Waals surface area contributed by atoms with E-state index in [1.54, 1.807) is 23.0 Å². The Labute approximate surface area is 190 Å². The molecule has 3 aromatic rings. The molecule has 0 unspecified atom stereocenters. The molecule has 3 rings (SSSR count). The number of benzene rings is 1. The Bertz CT molecular complexity index is 1150. The minimum absolute atomic E-state index is 0.0532. The molecular weight excluding hydrogens is 441 g/mol. The number of rotatable bonds is 8. The van der Waals surface area contributed by atoms with Crippen LogP contribution in [-0.4, -0.2) is 41.5 Å². The monoisotopic (exact) mass is 467 g/mol. The van der Waals surface area contributed by atoms with Gasteiger partial charge in [0, 0.05) is 30.8 Å². The van der Waals surface area contributed by atoms with Gasteiger partial charge in [0.15, 0.2) is 5.82 Å². The van der Waals surface area contributed by atoms with Gasteiger partial charge >= 0.3 is 5.69 Å². The summed E-state index contributed by atoms with van der Waals surface area (Å²) in [5.41, 5.74) is 0.519. The van der Waals surface area contributed by atoms with Crippen molar-refractivity contribution in [1.82, 2.24) is 19.1 Å². The number of fused-ring (bicyclic) bond motifs is 1. The number of hydrogen-bond acceptors (Lipinski definition) is 6. The highest BCUT2D eigenvalue weighted by Gasteiger charge is 2.23. The van der Waals surface area contributed by atoms with Crippen molar-refractivity contribution >= 4 is 45.7 Å². The maximum Gasteiger partial charge on any atom is 0.329 e. The number of anilines is 2. The zero-order valence-corrected chi connectivity index (χ0v) is 19.5. The minimum atomic E-state index is -0.917. The second kappa shape index (κ2) is 8.78. The van der Waals surface area contributed by atoms with E-state index in [9.17, 15) is 15.0 Å². The van der Waals surface area contributed by atoms with E-state index in [1.807, 2.05) is 32.0 Å². The highest BCUT2D eigenvalue weighted by Crippen LogP contribution is 2.28. The van der Waals surface area contributed by atoms with Crippen LogP contribution in [0.2, 0.25) is 10.3 Å². The average Bonchev–Trinajstić information content (AvgIpc) is 2.93. The summed E-state index contributed by atoms with van der Waals surface area (Å²) in [6, 6.07) is 5.48. The van der Waals surface area contributed by atoms with Crippen molar-refractivity contribution in [3.8, 4) is 0 Å². The number of aliphatic hydroxyl groups is 2. The van der Waals surface area contributed by atoms with Gasteiger partial charge in [-0.2, -0.15) is 4.98 Å². The predicted octanol–water partition coefficient (Wildman–Crippen LogP) is 3.82. The molecule has 1 aromatic carbocycles. The zero-order chi connectivity index (χ0) is 23.0. The van der Waals surface area contributed by atoms with Gasteiger partial charge < -0.3 is 15.5 Å². The Morgan fingerprint density at radius 2 is 1.84 bits per heavy atom. The Kier molecular flexibility index (Phi) is 6.67. The van der Waals surface area contributed by atoms with Gasteiger partial charge in [0.2, 0.25) is 5.28 Å². The van der Waals surface area contributed by atoms with Gasteiger partial charge in [-0.3, -0.25) is 9.13 Å². The molecule has 0 atom stereocenters. The molecule has 31 heavy (non-hydrogen) atoms. The van der Waals surface area contributed by atoms with Crippen LogP contribution >= 0.6 is 23.2 Å². The number of nitrogens with zero attached hydrogens (tertiary/aromatic N) is 4. The van der Waals surface area contributed by atoms with E-state index in [1.165, 1.54) is 6.20 Å². The smallest absolute Gasteiger partial charge is 0.329 e. The molecule has 0 fully saturated rings. The van der Waals surface area contributed by atoms with Crippen molar-refractivity contribution in [3.63, 3.8) is 0 Å². The number of nitrogens with one attached hydrogen (secondary N) is 1. The molecule has 8 nitrogen and oxygen atoms in total. The van der Waals surface area contributed by atoms with Gasteiger partial charge in [-0.1, -0.05) is 25.4 Å². The van der Waals surface area contributed by atoms with E-state index >= 15 is 0 Å². The first-order chi connectivity index (χ1) is 14.4. The molecule has 0 amide bonds. The maximum absolute atomic E-state index is 13.3. The first-order valence-corrected chi connectivity index (χ1v) is 10.7. The molecule has 0 spiro atoms. The number of aromatic nitrogens is 4. The molecule has 0 aliphatic rings. The van der Waals surface area contributed by atoms with Gasteiger partial charge in [-0.05, 0) is 50.1 Å². The summed E-state index contributed by atoms with van der Waals surface area (Å²) in [5.74, 6) is 0.354. The third-order valence-corrected chi connectivity index (χ3v) is 5.42. The summed E-state index contributed by atoms with van der Waals surface area (Å²) in [6.07, 6.45) is 1.81. The minimum Gasteiger partial charge on any atom is -0.396 e. The highest BCUT2D eigenvalue weighted by atomic mass is 35.5. The molecular formula is C21H27Cl2N5O3. The third kappa shape index (κ3) is 5.57. The van der Waals surface area contributed by atoms with Gasteiger partial charge in [0.25, 0.3) is 0 Å². The molecule has 0 saturated carbocycles. The summed E-state index contributed by atoms with van der Waals surface area (Å²) in [4.78, 5) is 21.2. The van der Waals surface area contributed by atoms with E-state index < -0.39 is 11.0 Å². The van der Waals surface area contributed by atoms with Crippen LogP contribution in [0.4, 0.5) is 11.5 Å². The lowest BCUT2D eigenvalue weighted by molar-refractivity contribution is 0.0661. The molecule has 2 heterocycles. The van der Waals surface area contributed by atoms with Gasteiger partial charge in [-0.25, -0.2) is 9.78 Å². The van der Waals surface area contributed by atoms with Crippen molar-refractivity contribution in [2.24, 2.45) is 5.41 Å². The fourth-order valence-corrected chi connectivity index (χ4v) is 3.47. The first-order valence-electron chi connectivity index (χ1n) is 9.92. The van der Waals surface area contributed by atoms with Crippen LogP contribution in [0.3, 0.4) is 0 Å². The second-order valence-electron chi connectivity index (χ2n) is 9.07. The van der Waals surface area contributed by atoms with Crippen molar-refractivity contribution in [3.05, 3.63) is 45.2 Å². The lowest BCUT2D eigenvalue weighted by Crippen LogP contribution is -2.33. The van der Waals surface area contributed by atoms with Crippen LogP contribution < -0.4 is 11.0 Å². The van der Waals surface area contributed by atoms with Crippen LogP contribution in [0, 0.1) is 5.41 Å². The lowest BCUT2D eigenvalue weighted by Gasteiger charge is -2.22. The zero-order valence-electron chi connectivity index (χ0n) is 18.0. The standard InChI is InChI=1S/C21H27Cl2N5O3/c1-20(2,12-29)11-28-15-6-5-13(25-17-14(22)10-24-18(23)26-17)9-16(15)27(19(28)30)8-7-21(3,4)31/h5-6,9-10,29,31H,7-8,11-12H2,1-4H3,(H,24,25,26). The summed E-state index contributed by atoms with van der Waals surface area (Å²) < 4.78 is 3.30. The molecule has 0 aliphatic heterocycles. The lowest BCUT2D eigenvalue weighted by atomic mass is 9.95.